The molecule has 0 atom stereocenters. The van der Waals surface area contributed by atoms with Gasteiger partial charge in [0.05, 0.1) is 11.6 Å². The molecule has 0 amide bonds. The molecular weight excluding hydrogens is 359 g/mol. The molecular formula is C26H33FN2. The zero-order chi connectivity index (χ0) is 20.5. The van der Waals surface area contributed by atoms with Gasteiger partial charge in [-0.15, -0.1) is 0 Å². The van der Waals surface area contributed by atoms with E-state index in [9.17, 15) is 4.39 Å². The third-order valence-electron chi connectivity index (χ3n) is 7.27. The fourth-order valence-electron chi connectivity index (χ4n) is 5.48. The minimum absolute atomic E-state index is 0.276. The summed E-state index contributed by atoms with van der Waals surface area (Å²) in [4.78, 5) is 0. The van der Waals surface area contributed by atoms with Gasteiger partial charge in [-0.1, -0.05) is 37.8 Å². The molecule has 0 bridgehead atoms. The molecule has 0 saturated heterocycles. The van der Waals surface area contributed by atoms with Gasteiger partial charge in [0, 0.05) is 0 Å². The van der Waals surface area contributed by atoms with Crippen LogP contribution in [0.2, 0.25) is 0 Å². The van der Waals surface area contributed by atoms with Gasteiger partial charge in [-0.2, -0.15) is 14.9 Å². The quantitative estimate of drug-likeness (QED) is 0.362. The number of hydrogen-bond donors (Lipinski definition) is 0. The number of hydrogen-bond acceptors (Lipinski definition) is 2. The Morgan fingerprint density at radius 1 is 0.897 bits per heavy atom. The molecule has 1 aromatic rings. The number of aryl methyl sites for hydroxylation is 1. The molecule has 0 unspecified atom stereocenters. The summed E-state index contributed by atoms with van der Waals surface area (Å²) in [7, 11) is 0. The summed E-state index contributed by atoms with van der Waals surface area (Å²) in [6, 6.07) is 11.8. The Hall–Kier alpha value is -2.13. The maximum atomic E-state index is 13.2. The molecule has 2 aliphatic rings. The van der Waals surface area contributed by atoms with Crippen LogP contribution in [0.3, 0.4) is 0 Å². The fraction of sp³-hybridized carbons (Fsp3) is 0.615. The van der Waals surface area contributed by atoms with Crippen LogP contribution in [0.1, 0.15) is 81.8 Å². The summed E-state index contributed by atoms with van der Waals surface area (Å²) < 4.78 is 13.2. The van der Waals surface area contributed by atoms with Crippen LogP contribution in [0.25, 0.3) is 0 Å². The minimum atomic E-state index is -0.604. The van der Waals surface area contributed by atoms with Gasteiger partial charge in [0.15, 0.2) is 5.83 Å². The summed E-state index contributed by atoms with van der Waals surface area (Å²) in [6.07, 6.45) is 16.6. The van der Waals surface area contributed by atoms with E-state index in [2.05, 4.69) is 18.2 Å². The highest BCUT2D eigenvalue weighted by molar-refractivity contribution is 5.31. The number of nitriles is 2. The van der Waals surface area contributed by atoms with Crippen molar-refractivity contribution < 1.29 is 4.39 Å². The highest BCUT2D eigenvalue weighted by Gasteiger charge is 2.30. The molecule has 2 aliphatic carbocycles. The van der Waals surface area contributed by atoms with Gasteiger partial charge in [0.25, 0.3) is 0 Å². The van der Waals surface area contributed by atoms with Crippen molar-refractivity contribution in [2.75, 3.05) is 0 Å². The van der Waals surface area contributed by atoms with E-state index in [1.165, 1.54) is 63.4 Å². The van der Waals surface area contributed by atoms with Crippen molar-refractivity contribution in [1.29, 1.82) is 10.5 Å². The van der Waals surface area contributed by atoms with Crippen molar-refractivity contribution in [2.24, 2.45) is 23.7 Å². The Labute approximate surface area is 175 Å². The van der Waals surface area contributed by atoms with Crippen molar-refractivity contribution in [3.8, 4) is 12.1 Å². The molecule has 0 spiro atoms. The third-order valence-corrected chi connectivity index (χ3v) is 7.27. The monoisotopic (exact) mass is 392 g/mol. The summed E-state index contributed by atoms with van der Waals surface area (Å²) in [5, 5.41) is 17.5. The Morgan fingerprint density at radius 3 is 2.10 bits per heavy atom. The number of benzene rings is 1. The largest absolute Gasteiger partial charge is 0.196 e. The number of unbranched alkanes of at least 4 members (excludes halogenated alkanes) is 1. The predicted molar refractivity (Wildman–Crippen MR) is 114 cm³/mol. The van der Waals surface area contributed by atoms with Gasteiger partial charge in [-0.05, 0) is 98.8 Å². The lowest BCUT2D eigenvalue weighted by Crippen LogP contribution is -2.25. The van der Waals surface area contributed by atoms with Crippen LogP contribution in [0.4, 0.5) is 4.39 Å². The minimum Gasteiger partial charge on any atom is -0.195 e. The fourth-order valence-corrected chi connectivity index (χ4v) is 5.48. The molecule has 2 fully saturated rings. The summed E-state index contributed by atoms with van der Waals surface area (Å²) in [6.45, 7) is 0. The lowest BCUT2D eigenvalue weighted by molar-refractivity contribution is 0.151. The van der Waals surface area contributed by atoms with E-state index in [0.717, 1.165) is 42.6 Å². The van der Waals surface area contributed by atoms with Crippen LogP contribution in [0.15, 0.2) is 36.2 Å². The second-order valence-corrected chi connectivity index (χ2v) is 9.14. The molecule has 2 nitrogen and oxygen atoms in total. The van der Waals surface area contributed by atoms with Crippen LogP contribution in [-0.4, -0.2) is 0 Å². The molecule has 0 heterocycles. The first-order valence-corrected chi connectivity index (χ1v) is 11.4. The van der Waals surface area contributed by atoms with E-state index in [1.54, 1.807) is 12.1 Å². The van der Waals surface area contributed by atoms with E-state index < -0.39 is 5.83 Å². The van der Waals surface area contributed by atoms with Gasteiger partial charge in [-0.25, -0.2) is 0 Å². The third kappa shape index (κ3) is 6.71. The van der Waals surface area contributed by atoms with E-state index in [-0.39, 0.29) is 5.92 Å². The van der Waals surface area contributed by atoms with Crippen LogP contribution in [-0.2, 0) is 6.42 Å². The maximum absolute atomic E-state index is 13.2. The number of halogens is 1. The lowest BCUT2D eigenvalue weighted by Gasteiger charge is -2.37. The molecule has 1 aromatic carbocycles. The average molecular weight is 393 g/mol. The Morgan fingerprint density at radius 2 is 1.52 bits per heavy atom. The van der Waals surface area contributed by atoms with Crippen LogP contribution in [0, 0.1) is 46.3 Å². The smallest absolute Gasteiger partial charge is 0.195 e. The van der Waals surface area contributed by atoms with Crippen LogP contribution >= 0.6 is 0 Å². The molecule has 0 aliphatic heterocycles. The normalized spacial score (nSPS) is 27.8. The van der Waals surface area contributed by atoms with Gasteiger partial charge >= 0.3 is 0 Å². The first kappa shape index (κ1) is 21.6. The summed E-state index contributed by atoms with van der Waals surface area (Å²) in [5.74, 6) is 2.26. The summed E-state index contributed by atoms with van der Waals surface area (Å²) in [5.41, 5.74) is 2.08. The number of nitrogens with zero attached hydrogens (tertiary/aromatic N) is 2. The Balaban J connectivity index is 1.30. The van der Waals surface area contributed by atoms with Gasteiger partial charge in [0.1, 0.15) is 6.07 Å². The first-order valence-electron chi connectivity index (χ1n) is 11.4. The van der Waals surface area contributed by atoms with Crippen molar-refractivity contribution in [3.05, 3.63) is 47.3 Å². The lowest BCUT2D eigenvalue weighted by atomic mass is 9.68. The highest BCUT2D eigenvalue weighted by Crippen LogP contribution is 2.42. The standard InChI is InChI=1S/C26H33FN2/c27-26(19-29)17-22-11-15-25(16-12-22)24-13-9-21(10-14-24)4-2-1-3-20-5-7-23(18-28)8-6-20/h5-8,17,21-22,24-25H,1-4,9-16H2/b26-17-/t21-,22?,24-,25?. The molecule has 29 heavy (non-hydrogen) atoms. The van der Waals surface area contributed by atoms with Crippen molar-refractivity contribution in [1.82, 2.24) is 0 Å². The zero-order valence-corrected chi connectivity index (χ0v) is 17.5. The van der Waals surface area contributed by atoms with E-state index >= 15 is 0 Å². The van der Waals surface area contributed by atoms with Crippen molar-refractivity contribution in [2.45, 2.75) is 77.0 Å². The zero-order valence-electron chi connectivity index (χ0n) is 17.5. The molecule has 3 heteroatoms. The second kappa shape index (κ2) is 11.2. The van der Waals surface area contributed by atoms with Gasteiger partial charge < -0.3 is 0 Å². The first-order chi connectivity index (χ1) is 14.2. The topological polar surface area (TPSA) is 47.6 Å². The molecule has 0 aromatic heterocycles. The highest BCUT2D eigenvalue weighted by atomic mass is 19.1. The molecule has 154 valence electrons. The van der Waals surface area contributed by atoms with Crippen molar-refractivity contribution in [3.63, 3.8) is 0 Å². The van der Waals surface area contributed by atoms with E-state index in [1.807, 2.05) is 12.1 Å². The Bertz CT molecular complexity index is 736. The number of allylic oxidation sites excluding steroid dienone is 2. The molecule has 2 saturated carbocycles. The molecule has 0 N–H and O–H groups in total. The van der Waals surface area contributed by atoms with E-state index in [4.69, 9.17) is 10.5 Å². The van der Waals surface area contributed by atoms with Gasteiger partial charge in [-0.3, -0.25) is 0 Å². The second-order valence-electron chi connectivity index (χ2n) is 9.14. The molecule has 0 radical (unpaired) electrons. The Kier molecular flexibility index (Phi) is 8.30. The molecule has 3 rings (SSSR count). The van der Waals surface area contributed by atoms with E-state index in [0.29, 0.717) is 0 Å². The SMILES string of the molecule is N#C/C(F)=C/C1CCC([C@H]2CC[C@H](CCCCc3ccc(C#N)cc3)CC2)CC1. The van der Waals surface area contributed by atoms with Crippen LogP contribution < -0.4 is 0 Å². The maximum Gasteiger partial charge on any atom is 0.196 e. The average Bonchev–Trinajstić information content (AvgIpc) is 2.78. The number of rotatable bonds is 7. The predicted octanol–water partition coefficient (Wildman–Crippen LogP) is 7.26. The van der Waals surface area contributed by atoms with Crippen molar-refractivity contribution >= 4 is 0 Å². The van der Waals surface area contributed by atoms with Gasteiger partial charge in [0.2, 0.25) is 0 Å². The van der Waals surface area contributed by atoms with Crippen LogP contribution in [0.5, 0.6) is 0 Å². The summed E-state index contributed by atoms with van der Waals surface area (Å²) >= 11 is 0.